The van der Waals surface area contributed by atoms with Crippen LogP contribution in [0, 0.1) is 11.7 Å². The van der Waals surface area contributed by atoms with Crippen molar-refractivity contribution in [2.24, 2.45) is 5.92 Å². The number of hydrogen-bond acceptors (Lipinski definition) is 2. The van der Waals surface area contributed by atoms with Gasteiger partial charge in [-0.1, -0.05) is 17.7 Å². The Kier molecular flexibility index (Phi) is 5.20. The van der Waals surface area contributed by atoms with Crippen molar-refractivity contribution < 1.29 is 4.39 Å². The summed E-state index contributed by atoms with van der Waals surface area (Å²) in [4.78, 5) is 2.47. The molecule has 2 atom stereocenters. The molecule has 0 bridgehead atoms. The van der Waals surface area contributed by atoms with Gasteiger partial charge in [0.1, 0.15) is 5.82 Å². The first-order valence-electron chi connectivity index (χ1n) is 6.95. The van der Waals surface area contributed by atoms with Crippen LogP contribution in [0.1, 0.15) is 31.4 Å². The maximum atomic E-state index is 13.2. The van der Waals surface area contributed by atoms with Gasteiger partial charge in [-0.15, -0.1) is 0 Å². The third-order valence-electron chi connectivity index (χ3n) is 4.02. The van der Waals surface area contributed by atoms with Crippen LogP contribution in [-0.2, 0) is 0 Å². The fraction of sp³-hybridized carbons (Fsp3) is 0.600. The number of rotatable bonds is 4. The van der Waals surface area contributed by atoms with E-state index in [0.717, 1.165) is 25.2 Å². The second-order valence-electron chi connectivity index (χ2n) is 5.41. The fourth-order valence-electron chi connectivity index (χ4n) is 2.89. The summed E-state index contributed by atoms with van der Waals surface area (Å²) >= 11 is 5.87. The predicted octanol–water partition coefficient (Wildman–Crippen LogP) is 3.47. The molecule has 1 heterocycles. The number of halogens is 2. The van der Waals surface area contributed by atoms with Gasteiger partial charge in [-0.25, -0.2) is 4.39 Å². The van der Waals surface area contributed by atoms with E-state index in [2.05, 4.69) is 17.1 Å². The van der Waals surface area contributed by atoms with E-state index < -0.39 is 0 Å². The number of hydrogen-bond donors (Lipinski definition) is 1. The summed E-state index contributed by atoms with van der Waals surface area (Å²) in [6, 6.07) is 5.35. The van der Waals surface area contributed by atoms with Crippen molar-refractivity contribution in [3.05, 3.63) is 34.6 Å². The van der Waals surface area contributed by atoms with Gasteiger partial charge in [-0.2, -0.15) is 0 Å². The number of nitrogens with one attached hydrogen (secondary N) is 1. The summed E-state index contributed by atoms with van der Waals surface area (Å²) in [5.41, 5.74) is 1.09. The molecule has 0 amide bonds. The van der Waals surface area contributed by atoms with Crippen molar-refractivity contribution in [2.45, 2.75) is 25.8 Å². The van der Waals surface area contributed by atoms with Gasteiger partial charge in [0.15, 0.2) is 0 Å². The van der Waals surface area contributed by atoms with Crippen LogP contribution in [0.4, 0.5) is 4.39 Å². The van der Waals surface area contributed by atoms with Crippen LogP contribution < -0.4 is 5.32 Å². The minimum Gasteiger partial charge on any atom is -0.319 e. The molecule has 106 valence electrons. The van der Waals surface area contributed by atoms with Gasteiger partial charge in [0.05, 0.1) is 5.02 Å². The molecule has 0 radical (unpaired) electrons. The normalized spacial score (nSPS) is 22.4. The summed E-state index contributed by atoms with van der Waals surface area (Å²) in [7, 11) is 2.00. The van der Waals surface area contributed by atoms with E-state index in [-0.39, 0.29) is 16.9 Å². The standard InChI is InChI=1S/C15H22ClFN2/c1-11(13-5-6-15(17)14(16)8-13)19-7-3-4-12(10-19)9-18-2/h5-6,8,11-12,18H,3-4,7,9-10H2,1-2H3. The molecule has 1 aliphatic heterocycles. The molecule has 2 unspecified atom stereocenters. The van der Waals surface area contributed by atoms with Crippen molar-refractivity contribution in [1.29, 1.82) is 0 Å². The zero-order valence-corrected chi connectivity index (χ0v) is 12.4. The van der Waals surface area contributed by atoms with E-state index in [0.29, 0.717) is 5.92 Å². The number of nitrogens with zero attached hydrogens (tertiary/aromatic N) is 1. The number of benzene rings is 1. The average molecular weight is 285 g/mol. The quantitative estimate of drug-likeness (QED) is 0.911. The maximum absolute atomic E-state index is 13.2. The average Bonchev–Trinajstić information content (AvgIpc) is 2.42. The van der Waals surface area contributed by atoms with Gasteiger partial charge in [0.2, 0.25) is 0 Å². The van der Waals surface area contributed by atoms with Gasteiger partial charge in [-0.05, 0) is 63.5 Å². The third-order valence-corrected chi connectivity index (χ3v) is 4.31. The largest absolute Gasteiger partial charge is 0.319 e. The lowest BCUT2D eigenvalue weighted by Crippen LogP contribution is -2.40. The molecule has 1 N–H and O–H groups in total. The highest BCUT2D eigenvalue weighted by atomic mass is 35.5. The third kappa shape index (κ3) is 3.68. The molecule has 2 nitrogen and oxygen atoms in total. The number of piperidine rings is 1. The van der Waals surface area contributed by atoms with Gasteiger partial charge in [0, 0.05) is 12.6 Å². The van der Waals surface area contributed by atoms with Crippen molar-refractivity contribution in [2.75, 3.05) is 26.7 Å². The Labute approximate surface area is 119 Å². The van der Waals surface area contributed by atoms with E-state index in [1.54, 1.807) is 6.07 Å². The summed E-state index contributed by atoms with van der Waals surface area (Å²) in [6.07, 6.45) is 2.51. The lowest BCUT2D eigenvalue weighted by molar-refractivity contribution is 0.131. The molecule has 0 spiro atoms. The number of likely N-dealkylation sites (tertiary alicyclic amines) is 1. The highest BCUT2D eigenvalue weighted by Crippen LogP contribution is 2.28. The zero-order valence-electron chi connectivity index (χ0n) is 11.6. The maximum Gasteiger partial charge on any atom is 0.141 e. The second-order valence-corrected chi connectivity index (χ2v) is 5.82. The van der Waals surface area contributed by atoms with Crippen LogP contribution in [0.25, 0.3) is 0 Å². The minimum absolute atomic E-state index is 0.216. The lowest BCUT2D eigenvalue weighted by Gasteiger charge is -2.37. The first-order chi connectivity index (χ1) is 9.11. The van der Waals surface area contributed by atoms with Crippen LogP contribution >= 0.6 is 11.6 Å². The first kappa shape index (κ1) is 14.8. The van der Waals surface area contributed by atoms with Gasteiger partial charge >= 0.3 is 0 Å². The highest BCUT2D eigenvalue weighted by molar-refractivity contribution is 6.30. The van der Waals surface area contributed by atoms with Gasteiger partial charge in [0.25, 0.3) is 0 Å². The van der Waals surface area contributed by atoms with E-state index in [4.69, 9.17) is 11.6 Å². The van der Waals surface area contributed by atoms with E-state index in [1.165, 1.54) is 18.9 Å². The molecule has 1 aromatic rings. The molecular formula is C15H22ClFN2. The predicted molar refractivity (Wildman–Crippen MR) is 78.0 cm³/mol. The Balaban J connectivity index is 2.05. The molecule has 2 rings (SSSR count). The van der Waals surface area contributed by atoms with Gasteiger partial charge in [-0.3, -0.25) is 4.90 Å². The molecule has 1 saturated heterocycles. The van der Waals surface area contributed by atoms with Crippen molar-refractivity contribution in [3.8, 4) is 0 Å². The summed E-state index contributed by atoms with van der Waals surface area (Å²) in [5, 5.41) is 3.47. The minimum atomic E-state index is -0.343. The van der Waals surface area contributed by atoms with Crippen LogP contribution in [0.5, 0.6) is 0 Å². The zero-order chi connectivity index (χ0) is 13.8. The topological polar surface area (TPSA) is 15.3 Å². The van der Waals surface area contributed by atoms with Crippen LogP contribution in [-0.4, -0.2) is 31.6 Å². The van der Waals surface area contributed by atoms with Crippen LogP contribution in [0.2, 0.25) is 5.02 Å². The molecule has 4 heteroatoms. The Morgan fingerprint density at radius 3 is 3.00 bits per heavy atom. The van der Waals surface area contributed by atoms with Gasteiger partial charge < -0.3 is 5.32 Å². The smallest absolute Gasteiger partial charge is 0.141 e. The Morgan fingerprint density at radius 2 is 2.32 bits per heavy atom. The van der Waals surface area contributed by atoms with Crippen molar-refractivity contribution in [1.82, 2.24) is 10.2 Å². The molecule has 0 saturated carbocycles. The summed E-state index contributed by atoms with van der Waals surface area (Å²) in [5.74, 6) is 0.362. The Morgan fingerprint density at radius 1 is 1.53 bits per heavy atom. The lowest BCUT2D eigenvalue weighted by atomic mass is 9.95. The monoisotopic (exact) mass is 284 g/mol. The molecule has 1 aliphatic rings. The van der Waals surface area contributed by atoms with Crippen molar-refractivity contribution in [3.63, 3.8) is 0 Å². The SMILES string of the molecule is CNCC1CCCN(C(C)c2ccc(F)c(Cl)c2)C1. The molecule has 0 aliphatic carbocycles. The van der Waals surface area contributed by atoms with E-state index in [1.807, 2.05) is 13.1 Å². The highest BCUT2D eigenvalue weighted by Gasteiger charge is 2.24. The summed E-state index contributed by atoms with van der Waals surface area (Å²) in [6.45, 7) is 5.44. The fourth-order valence-corrected chi connectivity index (χ4v) is 3.08. The second kappa shape index (κ2) is 6.69. The molecule has 0 aromatic heterocycles. The van der Waals surface area contributed by atoms with Crippen molar-refractivity contribution >= 4 is 11.6 Å². The summed E-state index contributed by atoms with van der Waals surface area (Å²) < 4.78 is 13.2. The van der Waals surface area contributed by atoms with E-state index >= 15 is 0 Å². The Bertz CT molecular complexity index is 423. The molecule has 1 fully saturated rings. The first-order valence-corrected chi connectivity index (χ1v) is 7.33. The van der Waals surface area contributed by atoms with Crippen LogP contribution in [0.15, 0.2) is 18.2 Å². The molecule has 1 aromatic carbocycles. The van der Waals surface area contributed by atoms with E-state index in [9.17, 15) is 4.39 Å². The molecular weight excluding hydrogens is 263 g/mol. The Hall–Kier alpha value is -0.640. The molecule has 19 heavy (non-hydrogen) atoms. The van der Waals surface area contributed by atoms with Crippen LogP contribution in [0.3, 0.4) is 0 Å².